The van der Waals surface area contributed by atoms with Crippen LogP contribution in [0.1, 0.15) is 23.2 Å². The molecule has 0 aliphatic carbocycles. The Hall–Kier alpha value is -2.87. The van der Waals surface area contributed by atoms with Crippen molar-refractivity contribution >= 4 is 21.7 Å². The summed E-state index contributed by atoms with van der Waals surface area (Å²) in [7, 11) is -0.476. The minimum Gasteiger partial charge on any atom is -0.497 e. The molecule has 0 radical (unpaired) electrons. The molecule has 0 bridgehead atoms. The van der Waals surface area contributed by atoms with E-state index in [9.17, 15) is 18.0 Å². The normalized spacial score (nSPS) is 14.9. The summed E-state index contributed by atoms with van der Waals surface area (Å²) < 4.78 is 29.9. The van der Waals surface area contributed by atoms with Gasteiger partial charge in [-0.2, -0.15) is 0 Å². The third kappa shape index (κ3) is 4.99. The van der Waals surface area contributed by atoms with E-state index in [-0.39, 0.29) is 5.91 Å². The van der Waals surface area contributed by atoms with Crippen LogP contribution >= 0.6 is 0 Å². The molecule has 0 spiro atoms. The topological polar surface area (TPSA) is 92.8 Å². The number of methoxy groups -OCH3 is 1. The molecule has 0 aromatic heterocycles. The summed E-state index contributed by atoms with van der Waals surface area (Å²) in [6.45, 7) is 0.711. The van der Waals surface area contributed by atoms with Gasteiger partial charge in [-0.05, 0) is 48.2 Å². The van der Waals surface area contributed by atoms with Gasteiger partial charge in [0.2, 0.25) is 5.91 Å². The van der Waals surface area contributed by atoms with Gasteiger partial charge in [-0.25, -0.2) is 8.42 Å². The Bertz CT molecular complexity index is 1010. The van der Waals surface area contributed by atoms with Crippen molar-refractivity contribution in [1.29, 1.82) is 0 Å². The lowest BCUT2D eigenvalue weighted by molar-refractivity contribution is -0.118. The number of carbonyl (C=O) groups is 2. The van der Waals surface area contributed by atoms with Crippen LogP contribution in [0.2, 0.25) is 0 Å². The maximum absolute atomic E-state index is 12.8. The van der Waals surface area contributed by atoms with Crippen LogP contribution in [0.5, 0.6) is 5.75 Å². The average Bonchev–Trinajstić information content (AvgIpc) is 2.78. The van der Waals surface area contributed by atoms with Crippen LogP contribution in [0.15, 0.2) is 48.5 Å². The van der Waals surface area contributed by atoms with Gasteiger partial charge in [-0.3, -0.25) is 9.59 Å². The van der Waals surface area contributed by atoms with Crippen molar-refractivity contribution in [2.24, 2.45) is 0 Å². The van der Waals surface area contributed by atoms with Crippen LogP contribution in [0.25, 0.3) is 11.1 Å². The Balaban J connectivity index is 1.63. The Kier molecular flexibility index (Phi) is 6.77. The number of nitrogens with zero attached hydrogens (tertiary/aromatic N) is 1. The van der Waals surface area contributed by atoms with Gasteiger partial charge in [0.25, 0.3) is 5.91 Å². The Morgan fingerprint density at radius 2 is 1.73 bits per heavy atom. The second kappa shape index (κ2) is 9.30. The fourth-order valence-electron chi connectivity index (χ4n) is 3.58. The molecule has 3 rings (SSSR count). The summed E-state index contributed by atoms with van der Waals surface area (Å²) >= 11 is 0. The second-order valence-electron chi connectivity index (χ2n) is 7.28. The zero-order chi connectivity index (χ0) is 21.7. The van der Waals surface area contributed by atoms with Crippen LogP contribution in [-0.2, 0) is 14.6 Å². The number of ether oxygens (including phenoxy) is 1. The SMILES string of the molecule is CNC(=O)CS(=O)(=O)C1CCN(C(=O)c2ccc(-c3cccc(OC)c3)cc2)CC1. The highest BCUT2D eigenvalue weighted by molar-refractivity contribution is 7.92. The molecule has 0 atom stereocenters. The number of hydrogen-bond acceptors (Lipinski definition) is 5. The highest BCUT2D eigenvalue weighted by atomic mass is 32.2. The molecular weight excluding hydrogens is 404 g/mol. The molecule has 1 heterocycles. The fourth-order valence-corrected chi connectivity index (χ4v) is 5.26. The molecule has 7 nitrogen and oxygen atoms in total. The lowest BCUT2D eigenvalue weighted by Gasteiger charge is -2.31. The number of nitrogens with one attached hydrogen (secondary N) is 1. The summed E-state index contributed by atoms with van der Waals surface area (Å²) in [6, 6.07) is 15.0. The van der Waals surface area contributed by atoms with Crippen LogP contribution in [-0.4, -0.2) is 63.4 Å². The van der Waals surface area contributed by atoms with Crippen molar-refractivity contribution in [1.82, 2.24) is 10.2 Å². The van der Waals surface area contributed by atoms with Crippen molar-refractivity contribution in [3.05, 3.63) is 54.1 Å². The standard InChI is InChI=1S/C22H26N2O5S/c1-23-21(25)15-30(27,28)20-10-12-24(13-11-20)22(26)17-8-6-16(7-9-17)18-4-3-5-19(14-18)29-2/h3-9,14,20H,10-13,15H2,1-2H3,(H,23,25). The Labute approximate surface area is 177 Å². The summed E-state index contributed by atoms with van der Waals surface area (Å²) in [5, 5.41) is 1.75. The lowest BCUT2D eigenvalue weighted by Crippen LogP contribution is -2.44. The van der Waals surface area contributed by atoms with Gasteiger partial charge in [0.05, 0.1) is 12.4 Å². The zero-order valence-electron chi connectivity index (χ0n) is 17.1. The highest BCUT2D eigenvalue weighted by Gasteiger charge is 2.33. The Morgan fingerprint density at radius 1 is 1.07 bits per heavy atom. The maximum Gasteiger partial charge on any atom is 0.253 e. The summed E-state index contributed by atoms with van der Waals surface area (Å²) in [6.07, 6.45) is 0.680. The number of sulfone groups is 1. The molecule has 1 aliphatic rings. The summed E-state index contributed by atoms with van der Waals surface area (Å²) in [4.78, 5) is 25.9. The predicted octanol–water partition coefficient (Wildman–Crippen LogP) is 2.13. The van der Waals surface area contributed by atoms with Crippen molar-refractivity contribution in [3.8, 4) is 16.9 Å². The number of rotatable bonds is 6. The first-order valence-corrected chi connectivity index (χ1v) is 11.5. The highest BCUT2D eigenvalue weighted by Crippen LogP contribution is 2.25. The van der Waals surface area contributed by atoms with Crippen LogP contribution in [0.4, 0.5) is 0 Å². The third-order valence-electron chi connectivity index (χ3n) is 5.38. The number of carbonyl (C=O) groups excluding carboxylic acids is 2. The summed E-state index contributed by atoms with van der Waals surface area (Å²) in [5.41, 5.74) is 2.54. The molecule has 0 saturated carbocycles. The molecule has 2 amide bonds. The molecule has 1 aliphatic heterocycles. The first-order chi connectivity index (χ1) is 14.3. The third-order valence-corrected chi connectivity index (χ3v) is 7.53. The zero-order valence-corrected chi connectivity index (χ0v) is 17.9. The van der Waals surface area contributed by atoms with E-state index in [4.69, 9.17) is 4.74 Å². The molecule has 0 unspecified atom stereocenters. The second-order valence-corrected chi connectivity index (χ2v) is 9.56. The van der Waals surface area contributed by atoms with E-state index in [1.807, 2.05) is 36.4 Å². The molecule has 1 fully saturated rings. The van der Waals surface area contributed by atoms with E-state index in [2.05, 4.69) is 5.32 Å². The van der Waals surface area contributed by atoms with E-state index in [0.29, 0.717) is 31.5 Å². The van der Waals surface area contributed by atoms with Crippen LogP contribution in [0.3, 0.4) is 0 Å². The summed E-state index contributed by atoms with van der Waals surface area (Å²) in [5.74, 6) is -0.366. The smallest absolute Gasteiger partial charge is 0.253 e. The van der Waals surface area contributed by atoms with Gasteiger partial charge in [0, 0.05) is 25.7 Å². The monoisotopic (exact) mass is 430 g/mol. The van der Waals surface area contributed by atoms with Crippen LogP contribution < -0.4 is 10.1 Å². The molecule has 1 N–H and O–H groups in total. The van der Waals surface area contributed by atoms with E-state index >= 15 is 0 Å². The lowest BCUT2D eigenvalue weighted by atomic mass is 10.0. The van der Waals surface area contributed by atoms with E-state index in [1.54, 1.807) is 24.1 Å². The van der Waals surface area contributed by atoms with E-state index in [0.717, 1.165) is 16.9 Å². The number of likely N-dealkylation sites (tertiary alicyclic amines) is 1. The molecule has 2 aromatic rings. The van der Waals surface area contributed by atoms with Crippen molar-refractivity contribution < 1.29 is 22.7 Å². The largest absolute Gasteiger partial charge is 0.497 e. The predicted molar refractivity (Wildman–Crippen MR) is 115 cm³/mol. The van der Waals surface area contributed by atoms with Gasteiger partial charge in [-0.15, -0.1) is 0 Å². The van der Waals surface area contributed by atoms with Crippen molar-refractivity contribution in [3.63, 3.8) is 0 Å². The van der Waals surface area contributed by atoms with Gasteiger partial charge >= 0.3 is 0 Å². The van der Waals surface area contributed by atoms with Crippen molar-refractivity contribution in [2.45, 2.75) is 18.1 Å². The number of hydrogen-bond donors (Lipinski definition) is 1. The van der Waals surface area contributed by atoms with Gasteiger partial charge in [-0.1, -0.05) is 24.3 Å². The Morgan fingerprint density at radius 3 is 2.33 bits per heavy atom. The number of benzene rings is 2. The van der Waals surface area contributed by atoms with Gasteiger partial charge in [0.15, 0.2) is 9.84 Å². The first-order valence-electron chi connectivity index (χ1n) is 9.80. The van der Waals surface area contributed by atoms with E-state index < -0.39 is 26.7 Å². The van der Waals surface area contributed by atoms with Crippen molar-refractivity contribution in [2.75, 3.05) is 33.0 Å². The molecule has 2 aromatic carbocycles. The van der Waals surface area contributed by atoms with E-state index in [1.165, 1.54) is 7.05 Å². The van der Waals surface area contributed by atoms with Crippen LogP contribution in [0, 0.1) is 0 Å². The molecule has 1 saturated heterocycles. The minimum atomic E-state index is -3.51. The minimum absolute atomic E-state index is 0.116. The van der Waals surface area contributed by atoms with Gasteiger partial charge < -0.3 is 15.0 Å². The number of piperidine rings is 1. The quantitative estimate of drug-likeness (QED) is 0.758. The first kappa shape index (κ1) is 21.8. The number of amides is 2. The fraction of sp³-hybridized carbons (Fsp3) is 0.364. The molecular formula is C22H26N2O5S. The van der Waals surface area contributed by atoms with Gasteiger partial charge in [0.1, 0.15) is 11.5 Å². The maximum atomic E-state index is 12.8. The molecule has 8 heteroatoms. The molecule has 160 valence electrons. The average molecular weight is 431 g/mol. The molecule has 30 heavy (non-hydrogen) atoms.